The van der Waals surface area contributed by atoms with Crippen LogP contribution < -0.4 is 0 Å². The van der Waals surface area contributed by atoms with Crippen LogP contribution in [0.4, 0.5) is 0 Å². The first-order chi connectivity index (χ1) is 3.98. The summed E-state index contributed by atoms with van der Waals surface area (Å²) in [5.74, 6) is 0.771. The molecule has 9 heavy (non-hydrogen) atoms. The zero-order chi connectivity index (χ0) is 7.49. The minimum atomic E-state index is 0.258. The Morgan fingerprint density at radius 1 is 1.44 bits per heavy atom. The van der Waals surface area contributed by atoms with Crippen LogP contribution >= 0.6 is 12.6 Å². The highest BCUT2D eigenvalue weighted by molar-refractivity contribution is 7.81. The molecule has 0 aliphatic carbocycles. The van der Waals surface area contributed by atoms with Gasteiger partial charge in [-0.25, -0.2) is 0 Å². The van der Waals surface area contributed by atoms with Gasteiger partial charge in [-0.05, 0) is 18.8 Å². The Bertz CT molecular complexity index is 74.6. The quantitative estimate of drug-likeness (QED) is 0.581. The van der Waals surface area contributed by atoms with Crippen molar-refractivity contribution in [3.8, 4) is 0 Å². The largest absolute Gasteiger partial charge is 0.173 e. The first-order valence-electron chi connectivity index (χ1n) is 3.70. The third-order valence-electron chi connectivity index (χ3n) is 1.61. The van der Waals surface area contributed by atoms with Gasteiger partial charge in [-0.3, -0.25) is 0 Å². The van der Waals surface area contributed by atoms with E-state index in [0.717, 1.165) is 12.3 Å². The summed E-state index contributed by atoms with van der Waals surface area (Å²) >= 11 is 4.53. The van der Waals surface area contributed by atoms with Crippen molar-refractivity contribution in [2.75, 3.05) is 0 Å². The van der Waals surface area contributed by atoms with Gasteiger partial charge in [0.25, 0.3) is 0 Å². The van der Waals surface area contributed by atoms with E-state index in [2.05, 4.69) is 40.3 Å². The standard InChI is InChI=1S/C8H18S/c1-5-8(4,9)6-7(2)3/h7,9H,5-6H2,1-4H3. The van der Waals surface area contributed by atoms with Crippen LogP contribution in [0.2, 0.25) is 0 Å². The lowest BCUT2D eigenvalue weighted by Crippen LogP contribution is -2.17. The highest BCUT2D eigenvalue weighted by Crippen LogP contribution is 2.26. The van der Waals surface area contributed by atoms with E-state index >= 15 is 0 Å². The normalized spacial score (nSPS) is 18.0. The molecule has 0 aliphatic rings. The van der Waals surface area contributed by atoms with Gasteiger partial charge in [0.15, 0.2) is 0 Å². The second-order valence-electron chi connectivity index (χ2n) is 3.45. The maximum atomic E-state index is 4.53. The summed E-state index contributed by atoms with van der Waals surface area (Å²) in [6.45, 7) is 8.87. The molecule has 0 aliphatic heterocycles. The van der Waals surface area contributed by atoms with Gasteiger partial charge in [-0.15, -0.1) is 0 Å². The number of thiol groups is 1. The zero-order valence-electron chi connectivity index (χ0n) is 6.94. The molecule has 0 spiro atoms. The van der Waals surface area contributed by atoms with Crippen LogP contribution in [0.5, 0.6) is 0 Å². The van der Waals surface area contributed by atoms with Gasteiger partial charge >= 0.3 is 0 Å². The average Bonchev–Trinajstić information content (AvgIpc) is 1.63. The maximum Gasteiger partial charge on any atom is 0.0101 e. The average molecular weight is 146 g/mol. The van der Waals surface area contributed by atoms with Crippen LogP contribution in [0.15, 0.2) is 0 Å². The van der Waals surface area contributed by atoms with Crippen LogP contribution in [0, 0.1) is 5.92 Å². The molecule has 0 radical (unpaired) electrons. The van der Waals surface area contributed by atoms with Gasteiger partial charge in [-0.2, -0.15) is 12.6 Å². The van der Waals surface area contributed by atoms with Gasteiger partial charge < -0.3 is 0 Å². The Labute approximate surface area is 64.4 Å². The van der Waals surface area contributed by atoms with E-state index in [-0.39, 0.29) is 4.75 Å². The molecular weight excluding hydrogens is 128 g/mol. The third kappa shape index (κ3) is 4.83. The minimum absolute atomic E-state index is 0.258. The summed E-state index contributed by atoms with van der Waals surface area (Å²) in [5, 5.41) is 0. The molecule has 0 aromatic rings. The molecule has 0 aromatic carbocycles. The van der Waals surface area contributed by atoms with Crippen molar-refractivity contribution in [2.24, 2.45) is 5.92 Å². The smallest absolute Gasteiger partial charge is 0.0101 e. The first-order valence-corrected chi connectivity index (χ1v) is 4.15. The molecule has 0 N–H and O–H groups in total. The Hall–Kier alpha value is 0.350. The van der Waals surface area contributed by atoms with Crippen molar-refractivity contribution < 1.29 is 0 Å². The first kappa shape index (κ1) is 9.35. The van der Waals surface area contributed by atoms with E-state index in [0.29, 0.717) is 0 Å². The monoisotopic (exact) mass is 146 g/mol. The summed E-state index contributed by atoms with van der Waals surface area (Å²) in [4.78, 5) is 0. The van der Waals surface area contributed by atoms with E-state index in [9.17, 15) is 0 Å². The molecule has 0 aromatic heterocycles. The van der Waals surface area contributed by atoms with E-state index < -0.39 is 0 Å². The SMILES string of the molecule is CCC(C)(S)CC(C)C. The summed E-state index contributed by atoms with van der Waals surface area (Å²) < 4.78 is 0.258. The van der Waals surface area contributed by atoms with Crippen LogP contribution in [-0.4, -0.2) is 4.75 Å². The molecule has 0 saturated heterocycles. The highest BCUT2D eigenvalue weighted by Gasteiger charge is 2.16. The fraction of sp³-hybridized carbons (Fsp3) is 1.00. The van der Waals surface area contributed by atoms with Crippen molar-refractivity contribution in [2.45, 2.75) is 45.3 Å². The lowest BCUT2D eigenvalue weighted by Gasteiger charge is -2.23. The molecule has 1 unspecified atom stereocenters. The molecule has 0 amide bonds. The topological polar surface area (TPSA) is 0 Å². The van der Waals surface area contributed by atoms with Gasteiger partial charge in [-0.1, -0.05) is 27.7 Å². The second-order valence-corrected chi connectivity index (χ2v) is 4.53. The lowest BCUT2D eigenvalue weighted by atomic mass is 9.96. The summed E-state index contributed by atoms with van der Waals surface area (Å²) in [6, 6.07) is 0. The number of rotatable bonds is 3. The Morgan fingerprint density at radius 3 is 2.00 bits per heavy atom. The Kier molecular flexibility index (Phi) is 3.64. The lowest BCUT2D eigenvalue weighted by molar-refractivity contribution is 0.469. The predicted molar refractivity (Wildman–Crippen MR) is 47.1 cm³/mol. The second kappa shape index (κ2) is 3.50. The molecule has 0 heterocycles. The van der Waals surface area contributed by atoms with Gasteiger partial charge in [0.1, 0.15) is 0 Å². The Balaban J connectivity index is 3.58. The highest BCUT2D eigenvalue weighted by atomic mass is 32.1. The molecule has 0 saturated carbocycles. The number of hydrogen-bond acceptors (Lipinski definition) is 1. The zero-order valence-corrected chi connectivity index (χ0v) is 7.83. The molecule has 1 heteroatoms. The van der Waals surface area contributed by atoms with Gasteiger partial charge in [0.2, 0.25) is 0 Å². The minimum Gasteiger partial charge on any atom is -0.173 e. The molecule has 0 fully saturated rings. The Morgan fingerprint density at radius 2 is 1.89 bits per heavy atom. The van der Waals surface area contributed by atoms with Crippen molar-refractivity contribution >= 4 is 12.6 Å². The maximum absolute atomic E-state index is 4.53. The van der Waals surface area contributed by atoms with Crippen LogP contribution in [0.1, 0.15) is 40.5 Å². The van der Waals surface area contributed by atoms with Gasteiger partial charge in [0.05, 0.1) is 0 Å². The van der Waals surface area contributed by atoms with Gasteiger partial charge in [0, 0.05) is 4.75 Å². The number of hydrogen-bond donors (Lipinski definition) is 1. The van der Waals surface area contributed by atoms with Crippen LogP contribution in [0.25, 0.3) is 0 Å². The van der Waals surface area contributed by atoms with Crippen LogP contribution in [-0.2, 0) is 0 Å². The van der Waals surface area contributed by atoms with E-state index in [1.54, 1.807) is 0 Å². The van der Waals surface area contributed by atoms with E-state index in [1.807, 2.05) is 0 Å². The summed E-state index contributed by atoms with van der Waals surface area (Å²) in [6.07, 6.45) is 2.38. The molecule has 56 valence electrons. The third-order valence-corrected chi connectivity index (χ3v) is 2.11. The molecule has 0 rings (SSSR count). The van der Waals surface area contributed by atoms with Crippen molar-refractivity contribution in [1.29, 1.82) is 0 Å². The van der Waals surface area contributed by atoms with E-state index in [1.165, 1.54) is 6.42 Å². The van der Waals surface area contributed by atoms with Crippen LogP contribution in [0.3, 0.4) is 0 Å². The van der Waals surface area contributed by atoms with Crippen molar-refractivity contribution in [3.63, 3.8) is 0 Å². The fourth-order valence-corrected chi connectivity index (χ4v) is 1.39. The molecular formula is C8H18S. The van der Waals surface area contributed by atoms with E-state index in [4.69, 9.17) is 0 Å². The van der Waals surface area contributed by atoms with Crippen molar-refractivity contribution in [3.05, 3.63) is 0 Å². The fourth-order valence-electron chi connectivity index (χ4n) is 1.02. The molecule has 1 atom stereocenters. The molecule has 0 bridgehead atoms. The summed E-state index contributed by atoms with van der Waals surface area (Å²) in [5.41, 5.74) is 0. The van der Waals surface area contributed by atoms with Crippen molar-refractivity contribution in [1.82, 2.24) is 0 Å². The molecule has 0 nitrogen and oxygen atoms in total. The predicted octanol–water partition coefficient (Wildman–Crippen LogP) is 3.13. The summed E-state index contributed by atoms with van der Waals surface area (Å²) in [7, 11) is 0.